The summed E-state index contributed by atoms with van der Waals surface area (Å²) >= 11 is 6.06. The Bertz CT molecular complexity index is 415. The van der Waals surface area contributed by atoms with Crippen LogP contribution in [0.4, 0.5) is 0 Å². The molecule has 1 rings (SSSR count). The lowest BCUT2D eigenvalue weighted by Gasteiger charge is -2.16. The van der Waals surface area contributed by atoms with Crippen LogP contribution in [-0.2, 0) is 0 Å². The number of aliphatic hydroxyl groups excluding tert-OH is 1. The molecule has 3 nitrogen and oxygen atoms in total. The predicted octanol–water partition coefficient (Wildman–Crippen LogP) is 3.18. The van der Waals surface area contributed by atoms with Crippen molar-refractivity contribution in [1.29, 1.82) is 0 Å². The Morgan fingerprint density at radius 1 is 1.42 bits per heavy atom. The molecule has 1 unspecified atom stereocenters. The van der Waals surface area contributed by atoms with Gasteiger partial charge in [0.1, 0.15) is 0 Å². The minimum Gasteiger partial charge on any atom is -0.396 e. The average Bonchev–Trinajstić information content (AvgIpc) is 2.36. The average molecular weight is 284 g/mol. The number of hydrogen-bond acceptors (Lipinski definition) is 2. The number of halogens is 1. The molecule has 2 N–H and O–H groups in total. The molecule has 0 aromatic heterocycles. The molecule has 0 aliphatic rings. The third-order valence-electron chi connectivity index (χ3n) is 3.15. The van der Waals surface area contributed by atoms with Gasteiger partial charge in [-0.1, -0.05) is 31.0 Å². The quantitative estimate of drug-likeness (QED) is 0.807. The molecule has 0 aliphatic carbocycles. The van der Waals surface area contributed by atoms with E-state index in [4.69, 9.17) is 16.7 Å². The smallest absolute Gasteiger partial charge is 0.252 e. The van der Waals surface area contributed by atoms with E-state index in [1.807, 2.05) is 13.0 Å². The van der Waals surface area contributed by atoms with Crippen molar-refractivity contribution in [3.63, 3.8) is 0 Å². The highest BCUT2D eigenvalue weighted by Crippen LogP contribution is 2.17. The van der Waals surface area contributed by atoms with Crippen LogP contribution in [0.5, 0.6) is 0 Å². The highest BCUT2D eigenvalue weighted by Gasteiger charge is 2.13. The van der Waals surface area contributed by atoms with Crippen molar-refractivity contribution in [2.24, 2.45) is 5.92 Å². The summed E-state index contributed by atoms with van der Waals surface area (Å²) < 4.78 is 0. The van der Waals surface area contributed by atoms with Crippen molar-refractivity contribution in [1.82, 2.24) is 5.32 Å². The van der Waals surface area contributed by atoms with Crippen LogP contribution in [0.1, 0.15) is 42.1 Å². The summed E-state index contributed by atoms with van der Waals surface area (Å²) in [6.45, 7) is 4.78. The van der Waals surface area contributed by atoms with Crippen LogP contribution in [-0.4, -0.2) is 24.2 Å². The minimum absolute atomic E-state index is 0.149. The molecule has 4 heteroatoms. The number of rotatable bonds is 7. The predicted molar refractivity (Wildman–Crippen MR) is 78.6 cm³/mol. The maximum atomic E-state index is 12.0. The van der Waals surface area contributed by atoms with Crippen molar-refractivity contribution < 1.29 is 9.90 Å². The first-order chi connectivity index (χ1) is 9.08. The summed E-state index contributed by atoms with van der Waals surface area (Å²) in [6, 6.07) is 5.40. The lowest BCUT2D eigenvalue weighted by molar-refractivity contribution is 0.0943. The molecule has 1 amide bonds. The highest BCUT2D eigenvalue weighted by molar-refractivity contribution is 6.33. The zero-order valence-electron chi connectivity index (χ0n) is 11.6. The lowest BCUT2D eigenvalue weighted by Crippen LogP contribution is -2.30. The van der Waals surface area contributed by atoms with Crippen LogP contribution in [0, 0.1) is 12.8 Å². The Balaban J connectivity index is 2.58. The Labute approximate surface area is 120 Å². The summed E-state index contributed by atoms with van der Waals surface area (Å²) in [5.41, 5.74) is 1.54. The molecule has 19 heavy (non-hydrogen) atoms. The van der Waals surface area contributed by atoms with Crippen LogP contribution in [0.15, 0.2) is 18.2 Å². The van der Waals surface area contributed by atoms with Gasteiger partial charge in [0.05, 0.1) is 10.6 Å². The zero-order chi connectivity index (χ0) is 14.3. The first kappa shape index (κ1) is 16.0. The molecule has 0 heterocycles. The van der Waals surface area contributed by atoms with Crippen molar-refractivity contribution in [2.45, 2.75) is 33.1 Å². The lowest BCUT2D eigenvalue weighted by atomic mass is 10.00. The van der Waals surface area contributed by atoms with E-state index in [0.717, 1.165) is 24.8 Å². The van der Waals surface area contributed by atoms with Crippen molar-refractivity contribution in [2.75, 3.05) is 13.2 Å². The number of carbonyl (C=O) groups excluding carboxylic acids is 1. The van der Waals surface area contributed by atoms with Crippen LogP contribution >= 0.6 is 11.6 Å². The number of aryl methyl sites for hydroxylation is 1. The number of carbonyl (C=O) groups is 1. The van der Waals surface area contributed by atoms with Gasteiger partial charge in [0, 0.05) is 13.2 Å². The van der Waals surface area contributed by atoms with Crippen molar-refractivity contribution in [3.05, 3.63) is 34.3 Å². The van der Waals surface area contributed by atoms with Gasteiger partial charge in [0.2, 0.25) is 0 Å². The molecule has 0 saturated heterocycles. The fourth-order valence-corrected chi connectivity index (χ4v) is 2.40. The second-order valence-corrected chi connectivity index (χ2v) is 5.27. The number of amides is 1. The van der Waals surface area contributed by atoms with Crippen LogP contribution < -0.4 is 5.32 Å². The first-order valence-electron chi connectivity index (χ1n) is 6.73. The van der Waals surface area contributed by atoms with E-state index < -0.39 is 0 Å². The summed E-state index contributed by atoms with van der Waals surface area (Å²) in [5.74, 6) is 0.173. The van der Waals surface area contributed by atoms with Crippen molar-refractivity contribution >= 4 is 17.5 Å². The SMILES string of the molecule is CCCC(CCO)CNC(=O)c1ccc(C)cc1Cl. The van der Waals surface area contributed by atoms with Crippen LogP contribution in [0.25, 0.3) is 0 Å². The van der Waals surface area contributed by atoms with Gasteiger partial charge in [-0.2, -0.15) is 0 Å². The van der Waals surface area contributed by atoms with E-state index in [1.165, 1.54) is 0 Å². The molecule has 0 fully saturated rings. The van der Waals surface area contributed by atoms with E-state index in [0.29, 0.717) is 23.0 Å². The second-order valence-electron chi connectivity index (χ2n) is 4.86. The Kier molecular flexibility index (Phi) is 6.89. The third-order valence-corrected chi connectivity index (χ3v) is 3.47. The minimum atomic E-state index is -0.149. The van der Waals surface area contributed by atoms with Crippen molar-refractivity contribution in [3.8, 4) is 0 Å². The highest BCUT2D eigenvalue weighted by atomic mass is 35.5. The van der Waals surface area contributed by atoms with E-state index in [9.17, 15) is 4.79 Å². The number of nitrogens with one attached hydrogen (secondary N) is 1. The maximum absolute atomic E-state index is 12.0. The molecular weight excluding hydrogens is 262 g/mol. The van der Waals surface area contributed by atoms with E-state index in [-0.39, 0.29) is 12.5 Å². The summed E-state index contributed by atoms with van der Waals surface area (Å²) in [5, 5.41) is 12.4. The largest absolute Gasteiger partial charge is 0.396 e. The molecule has 0 radical (unpaired) electrons. The van der Waals surface area contributed by atoms with Gasteiger partial charge >= 0.3 is 0 Å². The van der Waals surface area contributed by atoms with Gasteiger partial charge in [-0.15, -0.1) is 0 Å². The maximum Gasteiger partial charge on any atom is 0.252 e. The van der Waals surface area contributed by atoms with Gasteiger partial charge < -0.3 is 10.4 Å². The van der Waals surface area contributed by atoms with Gasteiger partial charge in [0.15, 0.2) is 0 Å². The standard InChI is InChI=1S/C15H22ClNO2/c1-3-4-12(7-8-18)10-17-15(19)13-6-5-11(2)9-14(13)16/h5-6,9,12,18H,3-4,7-8,10H2,1-2H3,(H,17,19). The molecule has 0 bridgehead atoms. The second kappa shape index (κ2) is 8.18. The molecule has 1 aromatic rings. The fraction of sp³-hybridized carbons (Fsp3) is 0.533. The summed E-state index contributed by atoms with van der Waals surface area (Å²) in [7, 11) is 0. The van der Waals surface area contributed by atoms with Gasteiger partial charge in [-0.25, -0.2) is 0 Å². The molecule has 1 aromatic carbocycles. The molecule has 0 saturated carbocycles. The number of aliphatic hydroxyl groups is 1. The molecular formula is C15H22ClNO2. The molecule has 1 atom stereocenters. The number of benzene rings is 1. The van der Waals surface area contributed by atoms with Crippen LogP contribution in [0.2, 0.25) is 5.02 Å². The summed E-state index contributed by atoms with van der Waals surface area (Å²) in [4.78, 5) is 12.0. The number of hydrogen-bond donors (Lipinski definition) is 2. The molecule has 106 valence electrons. The third kappa shape index (κ3) is 5.21. The summed E-state index contributed by atoms with van der Waals surface area (Å²) in [6.07, 6.45) is 2.77. The van der Waals surface area contributed by atoms with Gasteiger partial charge in [0.25, 0.3) is 5.91 Å². The first-order valence-corrected chi connectivity index (χ1v) is 7.11. The van der Waals surface area contributed by atoms with Gasteiger partial charge in [-0.05, 0) is 43.4 Å². The Morgan fingerprint density at radius 3 is 2.74 bits per heavy atom. The molecule has 0 spiro atoms. The van der Waals surface area contributed by atoms with E-state index in [1.54, 1.807) is 12.1 Å². The normalized spacial score (nSPS) is 12.2. The Hall–Kier alpha value is -1.06. The zero-order valence-corrected chi connectivity index (χ0v) is 12.3. The van der Waals surface area contributed by atoms with E-state index in [2.05, 4.69) is 12.2 Å². The Morgan fingerprint density at radius 2 is 2.16 bits per heavy atom. The fourth-order valence-electron chi connectivity index (χ4n) is 2.08. The van der Waals surface area contributed by atoms with E-state index >= 15 is 0 Å². The monoisotopic (exact) mass is 283 g/mol. The van der Waals surface area contributed by atoms with Crippen LogP contribution in [0.3, 0.4) is 0 Å². The van der Waals surface area contributed by atoms with Gasteiger partial charge in [-0.3, -0.25) is 4.79 Å². The topological polar surface area (TPSA) is 49.3 Å². The molecule has 0 aliphatic heterocycles.